The van der Waals surface area contributed by atoms with Crippen LogP contribution >= 0.6 is 11.3 Å². The van der Waals surface area contributed by atoms with Gasteiger partial charge in [0.2, 0.25) is 0 Å². The zero-order valence-electron chi connectivity index (χ0n) is 14.0. The summed E-state index contributed by atoms with van der Waals surface area (Å²) in [6.07, 6.45) is 4.46. The summed E-state index contributed by atoms with van der Waals surface area (Å²) >= 11 is 1.50. The van der Waals surface area contributed by atoms with E-state index in [9.17, 15) is 4.79 Å². The maximum absolute atomic E-state index is 12.2. The number of carbonyl (C=O) groups is 1. The second-order valence-electron chi connectivity index (χ2n) is 6.19. The molecular formula is C17H20N6OS. The van der Waals surface area contributed by atoms with Crippen molar-refractivity contribution in [1.82, 2.24) is 30.4 Å². The summed E-state index contributed by atoms with van der Waals surface area (Å²) < 4.78 is 1.86. The van der Waals surface area contributed by atoms with Gasteiger partial charge in [0.15, 0.2) is 5.65 Å². The Kier molecular flexibility index (Phi) is 4.46. The standard InChI is InChI=1S/C17H20N6OS/c1-11-2-3-13(25-11)17(24)21-8-9-23-16-15(19-6-7-20-16)14(22-23)12-4-5-18-10-12/h2-3,6-7,12,18H,4-5,8-10H2,1H3,(H,21,24)/t12-/m1/s1. The highest BCUT2D eigenvalue weighted by Gasteiger charge is 2.24. The number of hydrogen-bond acceptors (Lipinski definition) is 6. The van der Waals surface area contributed by atoms with Crippen molar-refractivity contribution in [1.29, 1.82) is 0 Å². The highest BCUT2D eigenvalue weighted by atomic mass is 32.1. The van der Waals surface area contributed by atoms with E-state index in [2.05, 4.69) is 20.6 Å². The number of rotatable bonds is 5. The quantitative estimate of drug-likeness (QED) is 0.727. The number of nitrogens with zero attached hydrogens (tertiary/aromatic N) is 4. The minimum atomic E-state index is -0.0409. The predicted molar refractivity (Wildman–Crippen MR) is 96.9 cm³/mol. The SMILES string of the molecule is Cc1ccc(C(=O)NCCn2nc([C@@H]3CCNC3)c3nccnc32)s1. The molecule has 0 radical (unpaired) electrons. The predicted octanol–water partition coefficient (Wildman–Crippen LogP) is 1.70. The number of nitrogens with one attached hydrogen (secondary N) is 2. The van der Waals surface area contributed by atoms with Crippen LogP contribution in [0.4, 0.5) is 0 Å². The molecular weight excluding hydrogens is 336 g/mol. The molecule has 1 amide bonds. The topological polar surface area (TPSA) is 84.7 Å². The molecule has 2 N–H and O–H groups in total. The van der Waals surface area contributed by atoms with Crippen molar-refractivity contribution in [2.45, 2.75) is 25.8 Å². The van der Waals surface area contributed by atoms with Gasteiger partial charge in [0, 0.05) is 36.3 Å². The maximum atomic E-state index is 12.2. The molecule has 1 saturated heterocycles. The molecule has 0 spiro atoms. The van der Waals surface area contributed by atoms with Crippen molar-refractivity contribution in [2.24, 2.45) is 0 Å². The molecule has 25 heavy (non-hydrogen) atoms. The van der Waals surface area contributed by atoms with E-state index in [-0.39, 0.29) is 5.91 Å². The fraction of sp³-hybridized carbons (Fsp3) is 0.412. The molecule has 1 fully saturated rings. The van der Waals surface area contributed by atoms with Gasteiger partial charge in [-0.3, -0.25) is 4.79 Å². The lowest BCUT2D eigenvalue weighted by molar-refractivity contribution is 0.0956. The van der Waals surface area contributed by atoms with E-state index in [1.807, 2.05) is 23.7 Å². The van der Waals surface area contributed by atoms with Crippen molar-refractivity contribution in [3.63, 3.8) is 0 Å². The van der Waals surface area contributed by atoms with Gasteiger partial charge in [-0.25, -0.2) is 14.6 Å². The van der Waals surface area contributed by atoms with Gasteiger partial charge in [0.05, 0.1) is 17.1 Å². The minimum absolute atomic E-state index is 0.0409. The molecule has 4 heterocycles. The summed E-state index contributed by atoms with van der Waals surface area (Å²) in [6.45, 7) is 5.01. The maximum Gasteiger partial charge on any atom is 0.261 e. The smallest absolute Gasteiger partial charge is 0.261 e. The Balaban J connectivity index is 1.48. The minimum Gasteiger partial charge on any atom is -0.349 e. The van der Waals surface area contributed by atoms with Crippen molar-refractivity contribution in [3.05, 3.63) is 40.0 Å². The molecule has 7 nitrogen and oxygen atoms in total. The summed E-state index contributed by atoms with van der Waals surface area (Å²) in [6, 6.07) is 3.81. The Morgan fingerprint density at radius 1 is 1.40 bits per heavy atom. The Morgan fingerprint density at radius 3 is 3.04 bits per heavy atom. The number of aryl methyl sites for hydroxylation is 1. The molecule has 0 saturated carbocycles. The molecule has 4 rings (SSSR count). The summed E-state index contributed by atoms with van der Waals surface area (Å²) in [5, 5.41) is 11.1. The first-order valence-electron chi connectivity index (χ1n) is 8.45. The van der Waals surface area contributed by atoms with Crippen LogP contribution in [0, 0.1) is 6.92 Å². The first-order valence-corrected chi connectivity index (χ1v) is 9.27. The van der Waals surface area contributed by atoms with Crippen LogP contribution in [-0.2, 0) is 6.54 Å². The van der Waals surface area contributed by atoms with Crippen LogP contribution in [0.15, 0.2) is 24.5 Å². The number of fused-ring (bicyclic) bond motifs is 1. The Morgan fingerprint density at radius 2 is 2.28 bits per heavy atom. The highest BCUT2D eigenvalue weighted by molar-refractivity contribution is 7.13. The number of amides is 1. The molecule has 1 atom stereocenters. The van der Waals surface area contributed by atoms with E-state index < -0.39 is 0 Å². The zero-order chi connectivity index (χ0) is 17.2. The van der Waals surface area contributed by atoms with Crippen molar-refractivity contribution >= 4 is 28.4 Å². The second-order valence-corrected chi connectivity index (χ2v) is 7.48. The third-order valence-corrected chi connectivity index (χ3v) is 5.41. The van der Waals surface area contributed by atoms with Crippen LogP contribution < -0.4 is 10.6 Å². The van der Waals surface area contributed by atoms with Crippen molar-refractivity contribution in [3.8, 4) is 0 Å². The third kappa shape index (κ3) is 3.27. The molecule has 3 aromatic rings. The zero-order valence-corrected chi connectivity index (χ0v) is 14.8. The first kappa shape index (κ1) is 16.2. The van der Waals surface area contributed by atoms with E-state index in [4.69, 9.17) is 5.10 Å². The van der Waals surface area contributed by atoms with Crippen LogP contribution in [0.25, 0.3) is 11.2 Å². The average molecular weight is 356 g/mol. The van der Waals surface area contributed by atoms with Crippen LogP contribution in [0.1, 0.15) is 32.6 Å². The van der Waals surface area contributed by atoms with E-state index >= 15 is 0 Å². The van der Waals surface area contributed by atoms with E-state index in [1.165, 1.54) is 11.3 Å². The Labute approximate surface area is 149 Å². The summed E-state index contributed by atoms with van der Waals surface area (Å²) in [4.78, 5) is 22.9. The van der Waals surface area contributed by atoms with E-state index in [0.717, 1.165) is 46.1 Å². The normalized spacial score (nSPS) is 17.2. The summed E-state index contributed by atoms with van der Waals surface area (Å²) in [5.74, 6) is 0.338. The summed E-state index contributed by atoms with van der Waals surface area (Å²) in [5.41, 5.74) is 2.66. The lowest BCUT2D eigenvalue weighted by Gasteiger charge is -2.05. The van der Waals surface area contributed by atoms with Gasteiger partial charge in [-0.15, -0.1) is 11.3 Å². The van der Waals surface area contributed by atoms with Gasteiger partial charge in [-0.05, 0) is 32.0 Å². The molecule has 8 heteroatoms. The van der Waals surface area contributed by atoms with Crippen LogP contribution in [-0.4, -0.2) is 45.3 Å². The Bertz CT molecular complexity index is 896. The van der Waals surface area contributed by atoms with Gasteiger partial charge in [-0.2, -0.15) is 5.10 Å². The molecule has 0 bridgehead atoms. The van der Waals surface area contributed by atoms with Crippen LogP contribution in [0.5, 0.6) is 0 Å². The lowest BCUT2D eigenvalue weighted by atomic mass is 10.0. The highest BCUT2D eigenvalue weighted by Crippen LogP contribution is 2.26. The molecule has 1 aliphatic rings. The molecule has 0 aromatic carbocycles. The summed E-state index contributed by atoms with van der Waals surface area (Å²) in [7, 11) is 0. The van der Waals surface area contributed by atoms with Crippen LogP contribution in [0.2, 0.25) is 0 Å². The fourth-order valence-electron chi connectivity index (χ4n) is 3.16. The van der Waals surface area contributed by atoms with Gasteiger partial charge < -0.3 is 10.6 Å². The number of thiophene rings is 1. The molecule has 130 valence electrons. The molecule has 1 aliphatic heterocycles. The van der Waals surface area contributed by atoms with Crippen LogP contribution in [0.3, 0.4) is 0 Å². The molecule has 3 aromatic heterocycles. The van der Waals surface area contributed by atoms with Gasteiger partial charge in [-0.1, -0.05) is 0 Å². The fourth-order valence-corrected chi connectivity index (χ4v) is 3.95. The number of aromatic nitrogens is 4. The van der Waals surface area contributed by atoms with Crippen molar-refractivity contribution < 1.29 is 4.79 Å². The molecule has 0 aliphatic carbocycles. The van der Waals surface area contributed by atoms with E-state index in [1.54, 1.807) is 12.4 Å². The first-order chi connectivity index (χ1) is 12.2. The number of hydrogen-bond donors (Lipinski definition) is 2. The number of carbonyl (C=O) groups excluding carboxylic acids is 1. The Hall–Kier alpha value is -2.32. The monoisotopic (exact) mass is 356 g/mol. The third-order valence-electron chi connectivity index (χ3n) is 4.41. The van der Waals surface area contributed by atoms with Crippen molar-refractivity contribution in [2.75, 3.05) is 19.6 Å². The lowest BCUT2D eigenvalue weighted by Crippen LogP contribution is -2.27. The molecule has 0 unspecified atom stereocenters. The second kappa shape index (κ2) is 6.89. The average Bonchev–Trinajstić information content (AvgIpc) is 3.34. The van der Waals surface area contributed by atoms with E-state index in [0.29, 0.717) is 19.0 Å². The largest absolute Gasteiger partial charge is 0.349 e. The van der Waals surface area contributed by atoms with Gasteiger partial charge in [0.25, 0.3) is 5.91 Å². The van der Waals surface area contributed by atoms with Gasteiger partial charge in [0.1, 0.15) is 5.52 Å². The van der Waals surface area contributed by atoms with Gasteiger partial charge >= 0.3 is 0 Å².